The molecule has 3 aromatic carbocycles. The lowest BCUT2D eigenvalue weighted by atomic mass is 9.87. The molecule has 6 aromatic rings. The average molecular weight is 945 g/mol. The van der Waals surface area contributed by atoms with Crippen molar-refractivity contribution >= 4 is 31.8 Å². The van der Waals surface area contributed by atoms with Crippen LogP contribution in [0.3, 0.4) is 0 Å². The Bertz CT molecular complexity index is 2850. The molecule has 0 amide bonds. The monoisotopic (exact) mass is 944 g/mol. The molecule has 3 heterocycles. The maximum atomic E-state index is 15.3. The molecule has 0 saturated heterocycles. The average Bonchev–Trinajstić information content (AvgIpc) is 3.78. The zero-order valence-corrected chi connectivity index (χ0v) is 31.8. The van der Waals surface area contributed by atoms with Gasteiger partial charge in [0.2, 0.25) is 5.88 Å². The van der Waals surface area contributed by atoms with E-state index in [0.717, 1.165) is 19.4 Å². The molecule has 6 rings (SSSR count). The van der Waals surface area contributed by atoms with Crippen molar-refractivity contribution in [2.45, 2.75) is 66.0 Å². The molecule has 26 heteroatoms. The second-order valence-corrected chi connectivity index (χ2v) is 15.3. The van der Waals surface area contributed by atoms with Gasteiger partial charge in [-0.3, -0.25) is 0 Å². The van der Waals surface area contributed by atoms with Crippen LogP contribution in [0.4, 0.5) is 79.0 Å². The number of nitrogens with zero attached hydrogens (tertiary/aromatic N) is 4. The number of alkyl halides is 17. The molecular weight excluding hydrogens is 922 g/mol. The number of fused-ring (bicyclic) bond motifs is 2. The summed E-state index contributed by atoms with van der Waals surface area (Å²) in [7, 11) is -4.32. The van der Waals surface area contributed by atoms with Crippen molar-refractivity contribution in [2.75, 3.05) is 7.11 Å². The summed E-state index contributed by atoms with van der Waals surface area (Å²) in [6, 6.07) is 8.61. The molecule has 7 nitrogen and oxygen atoms in total. The van der Waals surface area contributed by atoms with E-state index in [-0.39, 0.29) is 45.9 Å². The summed E-state index contributed by atoms with van der Waals surface area (Å²) in [6.07, 6.45) is -4.29. The van der Waals surface area contributed by atoms with Crippen molar-refractivity contribution < 1.29 is 92.2 Å². The highest BCUT2D eigenvalue weighted by Crippen LogP contribution is 2.65. The van der Waals surface area contributed by atoms with Crippen LogP contribution in [-0.4, -0.2) is 75.7 Å². The fraction of sp³-hybridized carbons (Fsp3) is 0.297. The van der Waals surface area contributed by atoms with Crippen molar-refractivity contribution in [1.82, 2.24) is 18.5 Å². The number of benzene rings is 3. The van der Waals surface area contributed by atoms with Gasteiger partial charge in [0.05, 0.1) is 29.4 Å². The van der Waals surface area contributed by atoms with Crippen LogP contribution >= 0.6 is 0 Å². The molecule has 0 radical (unpaired) electrons. The standard InChI is InChI=1S/C37H22F18N4O3S/c1-3-58-16-23(22-14-19(38)11-12-26(22)58)25-15-56-28(29(57-25)62-2)24-17-59(27-10-5-4-9-21(24)27)63(60,61)20-8-6-7-18(13-20)30(39,40)31(41,42)32(43,44)33(45,46)34(47,48)35(49,50)36(51,52)37(53,54)55/h4-17H,3H2,1-2H3. The first-order valence-electron chi connectivity index (χ1n) is 17.2. The van der Waals surface area contributed by atoms with Crippen molar-refractivity contribution in [3.05, 3.63) is 96.7 Å². The number of hydrogen-bond donors (Lipinski definition) is 0. The Balaban J connectivity index is 1.42. The summed E-state index contributed by atoms with van der Waals surface area (Å²) in [5, 5.41) is 0.395. The van der Waals surface area contributed by atoms with E-state index < -0.39 is 80.0 Å². The number of aromatic nitrogens is 4. The number of ether oxygens (including phenoxy) is 1. The van der Waals surface area contributed by atoms with Gasteiger partial charge in [-0.1, -0.05) is 30.3 Å². The fourth-order valence-electron chi connectivity index (χ4n) is 6.41. The van der Waals surface area contributed by atoms with Crippen LogP contribution in [0.15, 0.2) is 90.2 Å². The lowest BCUT2D eigenvalue weighted by molar-refractivity contribution is -0.462. The molecule has 0 atom stereocenters. The predicted octanol–water partition coefficient (Wildman–Crippen LogP) is 11.6. The molecule has 0 aliphatic rings. The smallest absolute Gasteiger partial charge is 0.460 e. The maximum Gasteiger partial charge on any atom is 0.460 e. The topological polar surface area (TPSA) is 79.0 Å². The number of aryl methyl sites for hydroxylation is 1. The van der Waals surface area contributed by atoms with Crippen molar-refractivity contribution in [2.24, 2.45) is 0 Å². The Labute approximate surface area is 340 Å². The van der Waals surface area contributed by atoms with Gasteiger partial charge in [-0.2, -0.15) is 74.6 Å². The zero-order valence-electron chi connectivity index (χ0n) is 31.0. The maximum absolute atomic E-state index is 15.3. The van der Waals surface area contributed by atoms with E-state index in [1.54, 1.807) is 17.7 Å². The van der Waals surface area contributed by atoms with Gasteiger partial charge in [0.25, 0.3) is 10.0 Å². The number of hydrogen-bond acceptors (Lipinski definition) is 5. The molecular formula is C37H22F18N4O3S. The minimum absolute atomic E-state index is 0.0187. The third-order valence-electron chi connectivity index (χ3n) is 9.80. The van der Waals surface area contributed by atoms with E-state index in [0.29, 0.717) is 33.0 Å². The van der Waals surface area contributed by atoms with Gasteiger partial charge in [-0.15, -0.1) is 0 Å². The molecule has 0 bridgehead atoms. The van der Waals surface area contributed by atoms with E-state index in [2.05, 4.69) is 9.97 Å². The fourth-order valence-corrected chi connectivity index (χ4v) is 7.83. The summed E-state index contributed by atoms with van der Waals surface area (Å²) in [5.41, 5.74) is -2.26. The Kier molecular flexibility index (Phi) is 10.9. The highest BCUT2D eigenvalue weighted by Gasteiger charge is 2.95. The molecule has 0 aliphatic heterocycles. The van der Waals surface area contributed by atoms with Crippen LogP contribution in [0, 0.1) is 5.82 Å². The van der Waals surface area contributed by atoms with Crippen LogP contribution in [0.25, 0.3) is 44.3 Å². The van der Waals surface area contributed by atoms with Crippen LogP contribution in [-0.2, 0) is 22.5 Å². The van der Waals surface area contributed by atoms with Crippen molar-refractivity contribution in [3.8, 4) is 28.4 Å². The molecule has 63 heavy (non-hydrogen) atoms. The summed E-state index contributed by atoms with van der Waals surface area (Å²) < 4.78 is 288. The van der Waals surface area contributed by atoms with Gasteiger partial charge in [-0.05, 0) is 43.3 Å². The molecule has 0 N–H and O–H groups in total. The minimum atomic E-state index is -8.83. The second-order valence-electron chi connectivity index (χ2n) is 13.5. The molecule has 0 aliphatic carbocycles. The zero-order chi connectivity index (χ0) is 47.3. The highest BCUT2D eigenvalue weighted by molar-refractivity contribution is 7.90. The van der Waals surface area contributed by atoms with Gasteiger partial charge in [0, 0.05) is 51.9 Å². The Hall–Kier alpha value is -5.69. The lowest BCUT2D eigenvalue weighted by Gasteiger charge is -2.42. The second kappa shape index (κ2) is 14.7. The highest BCUT2D eigenvalue weighted by atomic mass is 32.2. The quantitative estimate of drug-likeness (QED) is 0.108. The molecule has 0 saturated carbocycles. The number of methoxy groups -OCH3 is 1. The predicted molar refractivity (Wildman–Crippen MR) is 185 cm³/mol. The summed E-state index contributed by atoms with van der Waals surface area (Å²) in [6.45, 7) is 2.25. The van der Waals surface area contributed by atoms with Gasteiger partial charge in [-0.25, -0.2) is 26.7 Å². The summed E-state index contributed by atoms with van der Waals surface area (Å²) in [4.78, 5) is 7.23. The van der Waals surface area contributed by atoms with E-state index in [9.17, 15) is 78.7 Å². The Morgan fingerprint density at radius 2 is 1.22 bits per heavy atom. The SMILES string of the molecule is CCn1cc(-c2cnc(-c3cn(S(=O)(=O)c4cccc(C(F)(F)C(F)(F)C(F)(F)C(F)(F)C(F)(F)C(F)(F)C(F)(F)C(F)(F)F)c4)c4ccccc34)c(OC)n2)c2cc(F)ccc21. The number of halogens is 18. The largest absolute Gasteiger partial charge is 0.479 e. The van der Waals surface area contributed by atoms with Crippen molar-refractivity contribution in [1.29, 1.82) is 0 Å². The molecule has 0 unspecified atom stereocenters. The van der Waals surface area contributed by atoms with E-state index >= 15 is 8.78 Å². The van der Waals surface area contributed by atoms with E-state index in [4.69, 9.17) is 4.74 Å². The third kappa shape index (κ3) is 6.63. The third-order valence-corrected chi connectivity index (χ3v) is 11.5. The lowest BCUT2D eigenvalue weighted by Crippen LogP contribution is -2.74. The van der Waals surface area contributed by atoms with Gasteiger partial charge < -0.3 is 9.30 Å². The van der Waals surface area contributed by atoms with Gasteiger partial charge in [0.15, 0.2) is 0 Å². The van der Waals surface area contributed by atoms with Gasteiger partial charge in [0.1, 0.15) is 11.5 Å². The Morgan fingerprint density at radius 3 is 1.81 bits per heavy atom. The number of rotatable bonds is 13. The van der Waals surface area contributed by atoms with Crippen LogP contribution in [0.1, 0.15) is 12.5 Å². The van der Waals surface area contributed by atoms with E-state index in [1.807, 2.05) is 0 Å². The first-order valence-corrected chi connectivity index (χ1v) is 18.6. The van der Waals surface area contributed by atoms with Crippen molar-refractivity contribution in [3.63, 3.8) is 0 Å². The van der Waals surface area contributed by atoms with Crippen LogP contribution < -0.4 is 4.74 Å². The summed E-state index contributed by atoms with van der Waals surface area (Å²) in [5.74, 6) is -59.2. The molecule has 3 aromatic heterocycles. The minimum Gasteiger partial charge on any atom is -0.479 e. The normalized spacial score (nSPS) is 14.2. The first-order chi connectivity index (χ1) is 28.8. The first kappa shape index (κ1) is 46.8. The van der Waals surface area contributed by atoms with Crippen LogP contribution in [0.2, 0.25) is 0 Å². The Morgan fingerprint density at radius 1 is 0.635 bits per heavy atom. The summed E-state index contributed by atoms with van der Waals surface area (Å²) >= 11 is 0. The molecule has 0 spiro atoms. The molecule has 0 fully saturated rings. The van der Waals surface area contributed by atoms with Gasteiger partial charge >= 0.3 is 47.6 Å². The number of para-hydroxylation sites is 1. The van der Waals surface area contributed by atoms with E-state index in [1.165, 1.54) is 42.6 Å². The molecule has 340 valence electrons. The van der Waals surface area contributed by atoms with Crippen LogP contribution in [0.5, 0.6) is 5.88 Å².